The van der Waals surface area contributed by atoms with E-state index in [-0.39, 0.29) is 5.97 Å². The molecule has 0 unspecified atom stereocenters. The molecule has 0 bridgehead atoms. The van der Waals surface area contributed by atoms with Gasteiger partial charge < -0.3 is 4.74 Å². The lowest BCUT2D eigenvalue weighted by atomic mass is 10.0. The van der Waals surface area contributed by atoms with Gasteiger partial charge in [0.25, 0.3) is 0 Å². The van der Waals surface area contributed by atoms with Gasteiger partial charge in [0, 0.05) is 13.3 Å². The van der Waals surface area contributed by atoms with Crippen LogP contribution >= 0.6 is 0 Å². The van der Waals surface area contributed by atoms with Gasteiger partial charge in [-0.1, -0.05) is 31.8 Å². The molecule has 0 rings (SSSR count). The molecule has 0 aliphatic rings. The number of hydrogen-bond acceptors (Lipinski definition) is 3. The first-order valence-electron chi connectivity index (χ1n) is 6.50. The number of carbonyl (C=O) groups is 1. The Bertz CT molecular complexity index is 323. The molecule has 3 nitrogen and oxygen atoms in total. The molecular formula is C15H25NO2. The minimum absolute atomic E-state index is 0.293. The lowest BCUT2D eigenvalue weighted by molar-refractivity contribution is -0.150. The summed E-state index contributed by atoms with van der Waals surface area (Å²) in [5.41, 5.74) is -0.701. The molecule has 1 atom stereocenters. The number of allylic oxidation sites excluding steroid dienone is 1. The summed E-state index contributed by atoms with van der Waals surface area (Å²) in [4.78, 5) is 13.3. The van der Waals surface area contributed by atoms with E-state index in [0.717, 1.165) is 19.5 Å². The molecule has 0 aromatic rings. The van der Waals surface area contributed by atoms with Gasteiger partial charge in [0.05, 0.1) is 6.54 Å². The summed E-state index contributed by atoms with van der Waals surface area (Å²) in [6.45, 7) is 13.8. The average molecular weight is 251 g/mol. The summed E-state index contributed by atoms with van der Waals surface area (Å²) >= 11 is 0. The van der Waals surface area contributed by atoms with E-state index in [4.69, 9.17) is 4.74 Å². The smallest absolute Gasteiger partial charge is 0.304 e. The molecule has 0 N–H and O–H groups in total. The van der Waals surface area contributed by atoms with Gasteiger partial charge in [-0.05, 0) is 26.4 Å². The number of ether oxygens (including phenoxy) is 1. The third-order valence-electron chi connectivity index (χ3n) is 2.74. The van der Waals surface area contributed by atoms with Crippen LogP contribution in [0, 0.1) is 11.8 Å². The SMILES string of the molecule is C=CCC[C@@](C)(C#CCN(CC)CC)OC(C)=O. The van der Waals surface area contributed by atoms with Crippen molar-refractivity contribution in [3.8, 4) is 11.8 Å². The van der Waals surface area contributed by atoms with Crippen LogP contribution in [0.1, 0.15) is 40.5 Å². The second-order valence-electron chi connectivity index (χ2n) is 4.42. The second-order valence-corrected chi connectivity index (χ2v) is 4.42. The largest absolute Gasteiger partial charge is 0.446 e. The van der Waals surface area contributed by atoms with Gasteiger partial charge in [0.15, 0.2) is 5.60 Å². The molecule has 0 amide bonds. The number of esters is 1. The molecule has 0 aliphatic carbocycles. The van der Waals surface area contributed by atoms with E-state index in [9.17, 15) is 4.79 Å². The molecule has 0 saturated heterocycles. The molecule has 0 aliphatic heterocycles. The minimum Gasteiger partial charge on any atom is -0.446 e. The van der Waals surface area contributed by atoms with Gasteiger partial charge in [-0.25, -0.2) is 0 Å². The van der Waals surface area contributed by atoms with Crippen molar-refractivity contribution in [3.05, 3.63) is 12.7 Å². The van der Waals surface area contributed by atoms with Crippen LogP contribution in [-0.4, -0.2) is 36.1 Å². The number of rotatable bonds is 7. The summed E-state index contributed by atoms with van der Waals surface area (Å²) in [6, 6.07) is 0. The molecule has 18 heavy (non-hydrogen) atoms. The zero-order valence-corrected chi connectivity index (χ0v) is 12.1. The predicted octanol–water partition coefficient (Wildman–Crippen LogP) is 2.62. The van der Waals surface area contributed by atoms with Crippen LogP contribution < -0.4 is 0 Å². The third kappa shape index (κ3) is 7.13. The molecule has 3 heteroatoms. The highest BCUT2D eigenvalue weighted by atomic mass is 16.6. The van der Waals surface area contributed by atoms with Crippen molar-refractivity contribution in [1.82, 2.24) is 4.90 Å². The predicted molar refractivity (Wildman–Crippen MR) is 75.2 cm³/mol. The maximum Gasteiger partial charge on any atom is 0.304 e. The van der Waals surface area contributed by atoms with Crippen molar-refractivity contribution < 1.29 is 9.53 Å². The molecule has 0 aromatic carbocycles. The monoisotopic (exact) mass is 251 g/mol. The van der Waals surface area contributed by atoms with Crippen LogP contribution in [0.5, 0.6) is 0 Å². The summed E-state index contributed by atoms with van der Waals surface area (Å²) in [6.07, 6.45) is 3.28. The summed E-state index contributed by atoms with van der Waals surface area (Å²) < 4.78 is 5.31. The molecular weight excluding hydrogens is 226 g/mol. The van der Waals surface area contributed by atoms with Crippen LogP contribution in [-0.2, 0) is 9.53 Å². The Labute approximate surface area is 111 Å². The fraction of sp³-hybridized carbons (Fsp3) is 0.667. The van der Waals surface area contributed by atoms with Crippen molar-refractivity contribution in [2.24, 2.45) is 0 Å². The Morgan fingerprint density at radius 1 is 1.44 bits per heavy atom. The second kappa shape index (κ2) is 8.77. The van der Waals surface area contributed by atoms with E-state index in [2.05, 4.69) is 37.2 Å². The van der Waals surface area contributed by atoms with Gasteiger partial charge in [-0.2, -0.15) is 0 Å². The van der Waals surface area contributed by atoms with Crippen molar-refractivity contribution in [2.45, 2.75) is 46.1 Å². The van der Waals surface area contributed by atoms with E-state index in [0.29, 0.717) is 13.0 Å². The Balaban J connectivity index is 4.61. The number of carbonyl (C=O) groups excluding carboxylic acids is 1. The van der Waals surface area contributed by atoms with Crippen LogP contribution in [0.3, 0.4) is 0 Å². The lowest BCUT2D eigenvalue weighted by Crippen LogP contribution is -2.30. The number of hydrogen-bond donors (Lipinski definition) is 0. The first-order chi connectivity index (χ1) is 8.47. The van der Waals surface area contributed by atoms with E-state index < -0.39 is 5.60 Å². The van der Waals surface area contributed by atoms with Gasteiger partial charge in [-0.15, -0.1) is 6.58 Å². The molecule has 0 spiro atoms. The normalized spacial score (nSPS) is 13.4. The molecule has 102 valence electrons. The molecule has 0 aromatic heterocycles. The average Bonchev–Trinajstić information content (AvgIpc) is 2.31. The van der Waals surface area contributed by atoms with Crippen molar-refractivity contribution >= 4 is 5.97 Å². The lowest BCUT2D eigenvalue weighted by Gasteiger charge is -2.23. The summed E-state index contributed by atoms with van der Waals surface area (Å²) in [7, 11) is 0. The van der Waals surface area contributed by atoms with E-state index in [1.807, 2.05) is 13.0 Å². The number of nitrogens with zero attached hydrogens (tertiary/aromatic N) is 1. The summed E-state index contributed by atoms with van der Waals surface area (Å²) in [5, 5.41) is 0. The maximum atomic E-state index is 11.1. The quantitative estimate of drug-likeness (QED) is 0.396. The third-order valence-corrected chi connectivity index (χ3v) is 2.74. The Kier molecular flexibility index (Phi) is 8.15. The molecule has 0 saturated carbocycles. The van der Waals surface area contributed by atoms with Gasteiger partial charge in [-0.3, -0.25) is 9.69 Å². The van der Waals surface area contributed by atoms with Crippen molar-refractivity contribution in [2.75, 3.05) is 19.6 Å². The van der Waals surface area contributed by atoms with E-state index in [1.54, 1.807) is 0 Å². The first kappa shape index (κ1) is 16.7. The topological polar surface area (TPSA) is 29.5 Å². The van der Waals surface area contributed by atoms with Crippen molar-refractivity contribution in [3.63, 3.8) is 0 Å². The van der Waals surface area contributed by atoms with Crippen LogP contribution in [0.15, 0.2) is 12.7 Å². The van der Waals surface area contributed by atoms with E-state index in [1.165, 1.54) is 6.92 Å². The fourth-order valence-electron chi connectivity index (χ4n) is 1.62. The molecule has 0 radical (unpaired) electrons. The Hall–Kier alpha value is -1.27. The highest BCUT2D eigenvalue weighted by molar-refractivity contribution is 5.67. The maximum absolute atomic E-state index is 11.1. The molecule has 0 heterocycles. The van der Waals surface area contributed by atoms with Gasteiger partial charge >= 0.3 is 5.97 Å². The standard InChI is InChI=1S/C15H25NO2/c1-6-9-11-15(5,18-14(4)17)12-10-13-16(7-2)8-3/h6H,1,7-9,11,13H2,2-5H3/t15-/m0/s1. The molecule has 0 fully saturated rings. The summed E-state index contributed by atoms with van der Waals surface area (Å²) in [5.74, 6) is 5.89. The fourth-order valence-corrected chi connectivity index (χ4v) is 1.62. The van der Waals surface area contributed by atoms with Crippen LogP contribution in [0.4, 0.5) is 0 Å². The zero-order valence-electron chi connectivity index (χ0n) is 12.1. The Morgan fingerprint density at radius 2 is 2.06 bits per heavy atom. The van der Waals surface area contributed by atoms with Gasteiger partial charge in [0.1, 0.15) is 0 Å². The van der Waals surface area contributed by atoms with Crippen LogP contribution in [0.2, 0.25) is 0 Å². The zero-order chi connectivity index (χ0) is 14.0. The van der Waals surface area contributed by atoms with E-state index >= 15 is 0 Å². The van der Waals surface area contributed by atoms with Crippen molar-refractivity contribution in [1.29, 1.82) is 0 Å². The minimum atomic E-state index is -0.701. The highest BCUT2D eigenvalue weighted by Crippen LogP contribution is 2.17. The van der Waals surface area contributed by atoms with Gasteiger partial charge in [0.2, 0.25) is 0 Å². The highest BCUT2D eigenvalue weighted by Gasteiger charge is 2.23. The Morgan fingerprint density at radius 3 is 2.50 bits per heavy atom. The first-order valence-corrected chi connectivity index (χ1v) is 6.50. The van der Waals surface area contributed by atoms with Crippen LogP contribution in [0.25, 0.3) is 0 Å².